The molecule has 0 aliphatic rings. The van der Waals surface area contributed by atoms with Crippen LogP contribution in [0.1, 0.15) is 33.6 Å². The van der Waals surface area contributed by atoms with Gasteiger partial charge in [0.05, 0.1) is 17.8 Å². The van der Waals surface area contributed by atoms with Crippen molar-refractivity contribution in [3.8, 4) is 0 Å². The van der Waals surface area contributed by atoms with Gasteiger partial charge in [0, 0.05) is 6.54 Å². The van der Waals surface area contributed by atoms with Crippen molar-refractivity contribution in [3.05, 3.63) is 36.5 Å². The monoisotopic (exact) mass is 297 g/mol. The van der Waals surface area contributed by atoms with E-state index in [1.54, 1.807) is 32.1 Å². The second-order valence-electron chi connectivity index (χ2n) is 5.55. The van der Waals surface area contributed by atoms with Crippen molar-refractivity contribution in [2.45, 2.75) is 51.4 Å². The van der Waals surface area contributed by atoms with E-state index in [0.717, 1.165) is 12.8 Å². The lowest BCUT2D eigenvalue weighted by molar-refractivity contribution is -0.117. The number of allylic oxidation sites excluding steroid dienone is 4. The minimum atomic E-state index is -0.908. The van der Waals surface area contributed by atoms with Crippen LogP contribution in [0.2, 0.25) is 0 Å². The van der Waals surface area contributed by atoms with Gasteiger partial charge in [0.2, 0.25) is 5.91 Å². The first kappa shape index (κ1) is 19.6. The highest BCUT2D eigenvalue weighted by molar-refractivity contribution is 5.87. The molecule has 0 spiro atoms. The van der Waals surface area contributed by atoms with Crippen LogP contribution in [0.25, 0.3) is 0 Å². The van der Waals surface area contributed by atoms with Gasteiger partial charge in [-0.2, -0.15) is 0 Å². The van der Waals surface area contributed by atoms with E-state index in [1.165, 1.54) is 19.1 Å². The molecular formula is C16H27NO4. The molecular weight excluding hydrogens is 270 g/mol. The Bertz CT molecular complexity index is 378. The largest absolute Gasteiger partial charge is 0.390 e. The van der Waals surface area contributed by atoms with Gasteiger partial charge in [0.25, 0.3) is 0 Å². The first-order valence-corrected chi connectivity index (χ1v) is 7.08. The number of nitrogens with one attached hydrogen (secondary N) is 1. The number of carbonyl (C=O) groups excluding carboxylic acids is 1. The molecule has 5 nitrogen and oxygen atoms in total. The summed E-state index contributed by atoms with van der Waals surface area (Å²) in [6, 6.07) is 0. The van der Waals surface area contributed by atoms with Crippen molar-refractivity contribution in [2.75, 3.05) is 6.54 Å². The summed E-state index contributed by atoms with van der Waals surface area (Å²) in [5, 5.41) is 30.4. The first-order chi connectivity index (χ1) is 9.72. The summed E-state index contributed by atoms with van der Waals surface area (Å²) in [4.78, 5) is 11.4. The lowest BCUT2D eigenvalue weighted by Crippen LogP contribution is -2.37. The Balaban J connectivity index is 3.79. The van der Waals surface area contributed by atoms with Crippen LogP contribution in [0.15, 0.2) is 36.5 Å². The molecule has 0 aromatic rings. The molecule has 0 fully saturated rings. The molecule has 4 N–H and O–H groups in total. The quantitative estimate of drug-likeness (QED) is 0.291. The van der Waals surface area contributed by atoms with E-state index in [0.29, 0.717) is 0 Å². The van der Waals surface area contributed by atoms with Crippen LogP contribution in [0.5, 0.6) is 0 Å². The highest BCUT2D eigenvalue weighted by Gasteiger charge is 2.12. The van der Waals surface area contributed by atoms with E-state index in [2.05, 4.69) is 5.32 Å². The average molecular weight is 297 g/mol. The Kier molecular flexibility index (Phi) is 9.62. The molecule has 0 aromatic carbocycles. The Morgan fingerprint density at radius 3 is 2.38 bits per heavy atom. The number of aliphatic hydroxyl groups excluding tert-OH is 2. The maximum atomic E-state index is 11.4. The first-order valence-electron chi connectivity index (χ1n) is 7.08. The fourth-order valence-electron chi connectivity index (χ4n) is 1.26. The SMILES string of the molecule is CC(O)C(O)/C=C/C=C/CC/C=C/C(=O)NCC(C)(C)O. The Labute approximate surface area is 126 Å². The number of hydrogen-bond donors (Lipinski definition) is 4. The predicted octanol–water partition coefficient (Wildman–Crippen LogP) is 1.06. The number of amides is 1. The van der Waals surface area contributed by atoms with Gasteiger partial charge in [-0.15, -0.1) is 0 Å². The number of unbranched alkanes of at least 4 members (excludes halogenated alkanes) is 1. The maximum Gasteiger partial charge on any atom is 0.243 e. The van der Waals surface area contributed by atoms with Crippen molar-refractivity contribution < 1.29 is 20.1 Å². The van der Waals surface area contributed by atoms with Gasteiger partial charge in [-0.3, -0.25) is 4.79 Å². The molecule has 120 valence electrons. The smallest absolute Gasteiger partial charge is 0.243 e. The summed E-state index contributed by atoms with van der Waals surface area (Å²) in [6.07, 6.45) is 9.96. The zero-order valence-electron chi connectivity index (χ0n) is 13.0. The standard InChI is InChI=1S/C16H27NO4/c1-13(18)14(19)10-8-6-4-5-7-9-11-15(20)17-12-16(2,3)21/h4,6,8-11,13-14,18-19,21H,5,7,12H2,1-3H3,(H,17,20)/b6-4+,10-8+,11-9+. The Morgan fingerprint density at radius 1 is 1.19 bits per heavy atom. The van der Waals surface area contributed by atoms with Gasteiger partial charge in [-0.25, -0.2) is 0 Å². The lowest BCUT2D eigenvalue weighted by atomic mass is 10.1. The molecule has 0 heterocycles. The highest BCUT2D eigenvalue weighted by atomic mass is 16.3. The topological polar surface area (TPSA) is 89.8 Å². The van der Waals surface area contributed by atoms with E-state index < -0.39 is 17.8 Å². The normalized spacial score (nSPS) is 15.9. The van der Waals surface area contributed by atoms with Crippen LogP contribution in [0.4, 0.5) is 0 Å². The molecule has 0 bridgehead atoms. The minimum absolute atomic E-state index is 0.215. The molecule has 5 heteroatoms. The van der Waals surface area contributed by atoms with Gasteiger partial charge >= 0.3 is 0 Å². The van der Waals surface area contributed by atoms with Gasteiger partial charge in [-0.1, -0.05) is 30.4 Å². The molecule has 0 saturated carbocycles. The zero-order valence-corrected chi connectivity index (χ0v) is 13.0. The molecule has 1 amide bonds. The minimum Gasteiger partial charge on any atom is -0.390 e. The zero-order chi connectivity index (χ0) is 16.3. The number of carbonyl (C=O) groups is 1. The van der Waals surface area contributed by atoms with Crippen LogP contribution in [0, 0.1) is 0 Å². The molecule has 0 aliphatic heterocycles. The van der Waals surface area contributed by atoms with E-state index in [1.807, 2.05) is 6.08 Å². The van der Waals surface area contributed by atoms with Crippen molar-refractivity contribution in [1.29, 1.82) is 0 Å². The van der Waals surface area contributed by atoms with Gasteiger partial charge in [0.1, 0.15) is 0 Å². The lowest BCUT2D eigenvalue weighted by Gasteiger charge is -2.16. The summed E-state index contributed by atoms with van der Waals surface area (Å²) in [5.74, 6) is -0.221. The predicted molar refractivity (Wildman–Crippen MR) is 83.6 cm³/mol. The summed E-state index contributed by atoms with van der Waals surface area (Å²) in [7, 11) is 0. The Hall–Kier alpha value is -1.43. The average Bonchev–Trinajstić information content (AvgIpc) is 2.38. The van der Waals surface area contributed by atoms with Gasteiger partial charge in [-0.05, 0) is 39.7 Å². The van der Waals surface area contributed by atoms with Crippen LogP contribution in [0.3, 0.4) is 0 Å². The molecule has 0 aromatic heterocycles. The number of hydrogen-bond acceptors (Lipinski definition) is 4. The molecule has 0 aliphatic carbocycles. The maximum absolute atomic E-state index is 11.4. The molecule has 0 rings (SSSR count). The van der Waals surface area contributed by atoms with Crippen LogP contribution < -0.4 is 5.32 Å². The molecule has 2 unspecified atom stereocenters. The van der Waals surface area contributed by atoms with E-state index in [-0.39, 0.29) is 12.5 Å². The van der Waals surface area contributed by atoms with E-state index in [4.69, 9.17) is 5.11 Å². The molecule has 21 heavy (non-hydrogen) atoms. The fraction of sp³-hybridized carbons (Fsp3) is 0.562. The van der Waals surface area contributed by atoms with E-state index in [9.17, 15) is 15.0 Å². The third-order valence-electron chi connectivity index (χ3n) is 2.51. The third kappa shape index (κ3) is 13.3. The van der Waals surface area contributed by atoms with E-state index >= 15 is 0 Å². The number of aliphatic hydroxyl groups is 3. The summed E-state index contributed by atoms with van der Waals surface area (Å²) < 4.78 is 0. The highest BCUT2D eigenvalue weighted by Crippen LogP contribution is 1.98. The fourth-order valence-corrected chi connectivity index (χ4v) is 1.26. The molecule has 0 radical (unpaired) electrons. The van der Waals surface area contributed by atoms with Gasteiger partial charge in [0.15, 0.2) is 0 Å². The summed E-state index contributed by atoms with van der Waals surface area (Å²) in [5.41, 5.74) is -0.908. The summed E-state index contributed by atoms with van der Waals surface area (Å²) >= 11 is 0. The summed E-state index contributed by atoms with van der Waals surface area (Å²) in [6.45, 7) is 4.99. The van der Waals surface area contributed by atoms with Crippen molar-refractivity contribution in [1.82, 2.24) is 5.32 Å². The van der Waals surface area contributed by atoms with Crippen molar-refractivity contribution >= 4 is 5.91 Å². The van der Waals surface area contributed by atoms with Crippen LogP contribution in [-0.2, 0) is 4.79 Å². The van der Waals surface area contributed by atoms with Crippen LogP contribution in [-0.4, -0.2) is 45.6 Å². The Morgan fingerprint density at radius 2 is 1.81 bits per heavy atom. The van der Waals surface area contributed by atoms with Crippen molar-refractivity contribution in [3.63, 3.8) is 0 Å². The van der Waals surface area contributed by atoms with Gasteiger partial charge < -0.3 is 20.6 Å². The van der Waals surface area contributed by atoms with Crippen LogP contribution >= 0.6 is 0 Å². The molecule has 2 atom stereocenters. The second kappa shape index (κ2) is 10.3. The van der Waals surface area contributed by atoms with Crippen molar-refractivity contribution in [2.24, 2.45) is 0 Å². The number of rotatable bonds is 9. The third-order valence-corrected chi connectivity index (χ3v) is 2.51. The molecule has 0 saturated heterocycles. The second-order valence-corrected chi connectivity index (χ2v) is 5.55.